The quantitative estimate of drug-likeness (QED) is 0.761. The first-order valence-electron chi connectivity index (χ1n) is 4.45. The number of benzene rings is 1. The summed E-state index contributed by atoms with van der Waals surface area (Å²) in [5.41, 5.74) is 5.78. The molecule has 0 unspecified atom stereocenters. The van der Waals surface area contributed by atoms with Gasteiger partial charge in [0, 0.05) is 16.7 Å². The van der Waals surface area contributed by atoms with E-state index in [0.717, 1.165) is 4.47 Å². The summed E-state index contributed by atoms with van der Waals surface area (Å²) in [7, 11) is 0. The molecule has 0 saturated carbocycles. The normalized spacial score (nSPS) is 10.3. The Kier molecular flexibility index (Phi) is 2.66. The molecule has 0 aliphatic rings. The van der Waals surface area contributed by atoms with Crippen molar-refractivity contribution in [2.75, 3.05) is 5.73 Å². The lowest BCUT2D eigenvalue weighted by atomic mass is 10.2. The van der Waals surface area contributed by atoms with Crippen molar-refractivity contribution >= 4 is 21.6 Å². The van der Waals surface area contributed by atoms with Crippen LogP contribution in [0.15, 0.2) is 44.5 Å². The first-order valence-corrected chi connectivity index (χ1v) is 5.24. The van der Waals surface area contributed by atoms with E-state index in [-0.39, 0.29) is 0 Å². The van der Waals surface area contributed by atoms with Crippen LogP contribution in [0, 0.1) is 0 Å². The zero-order valence-corrected chi connectivity index (χ0v) is 9.69. The molecule has 0 amide bonds. The van der Waals surface area contributed by atoms with Gasteiger partial charge in [-0.15, -0.1) is 0 Å². The van der Waals surface area contributed by atoms with Crippen molar-refractivity contribution in [3.8, 4) is 5.69 Å². The minimum absolute atomic E-state index is 0.435. The number of aromatic nitrogens is 2. The van der Waals surface area contributed by atoms with E-state index in [4.69, 9.17) is 5.73 Å². The molecule has 3 N–H and O–H groups in total. The van der Waals surface area contributed by atoms with Crippen molar-refractivity contribution in [1.29, 1.82) is 0 Å². The lowest BCUT2D eigenvalue weighted by Crippen LogP contribution is -2.27. The lowest BCUT2D eigenvalue weighted by Gasteiger charge is -2.08. The zero-order valence-electron chi connectivity index (χ0n) is 8.11. The number of hydrogen-bond acceptors (Lipinski definition) is 3. The van der Waals surface area contributed by atoms with Gasteiger partial charge in [-0.25, -0.2) is 4.79 Å². The summed E-state index contributed by atoms with van der Waals surface area (Å²) in [6.07, 6.45) is 1.39. The van der Waals surface area contributed by atoms with Gasteiger partial charge in [0.15, 0.2) is 0 Å². The molecule has 0 saturated heterocycles. The molecule has 1 aromatic carbocycles. The molecule has 82 valence electrons. The highest BCUT2D eigenvalue weighted by atomic mass is 79.9. The Balaban J connectivity index is 2.72. The van der Waals surface area contributed by atoms with Crippen LogP contribution in [0.3, 0.4) is 0 Å². The van der Waals surface area contributed by atoms with E-state index < -0.39 is 11.2 Å². The van der Waals surface area contributed by atoms with Crippen molar-refractivity contribution in [3.05, 3.63) is 55.8 Å². The van der Waals surface area contributed by atoms with Gasteiger partial charge in [0.2, 0.25) is 0 Å². The van der Waals surface area contributed by atoms with Crippen molar-refractivity contribution < 1.29 is 0 Å². The number of nitrogens with one attached hydrogen (secondary N) is 1. The summed E-state index contributed by atoms with van der Waals surface area (Å²) in [6, 6.07) is 6.42. The summed E-state index contributed by atoms with van der Waals surface area (Å²) in [5, 5.41) is 0. The van der Waals surface area contributed by atoms with E-state index in [1.165, 1.54) is 16.8 Å². The van der Waals surface area contributed by atoms with Gasteiger partial charge < -0.3 is 5.73 Å². The van der Waals surface area contributed by atoms with Crippen LogP contribution in [0.4, 0.5) is 5.69 Å². The van der Waals surface area contributed by atoms with E-state index in [1.54, 1.807) is 18.2 Å². The molecular formula is C10H8BrN3O2. The molecule has 2 aromatic rings. The zero-order chi connectivity index (χ0) is 11.7. The predicted octanol–water partition coefficient (Wildman–Crippen LogP) is 0.870. The van der Waals surface area contributed by atoms with Gasteiger partial charge in [0.25, 0.3) is 5.56 Å². The van der Waals surface area contributed by atoms with E-state index in [1.807, 2.05) is 0 Å². The van der Waals surface area contributed by atoms with Gasteiger partial charge in [-0.1, -0.05) is 15.9 Å². The molecular weight excluding hydrogens is 274 g/mol. The maximum absolute atomic E-state index is 11.5. The van der Waals surface area contributed by atoms with Crippen LogP contribution >= 0.6 is 15.9 Å². The molecule has 2 rings (SSSR count). The number of aromatic amines is 1. The summed E-state index contributed by atoms with van der Waals surface area (Å²) in [6.45, 7) is 0. The van der Waals surface area contributed by atoms with Gasteiger partial charge in [0.05, 0.1) is 11.4 Å². The summed E-state index contributed by atoms with van der Waals surface area (Å²) in [5.74, 6) is 0. The lowest BCUT2D eigenvalue weighted by molar-refractivity contribution is 0.897. The largest absolute Gasteiger partial charge is 0.397 e. The predicted molar refractivity (Wildman–Crippen MR) is 64.8 cm³/mol. The highest BCUT2D eigenvalue weighted by Gasteiger charge is 2.04. The van der Waals surface area contributed by atoms with Crippen LogP contribution < -0.4 is 17.0 Å². The fourth-order valence-electron chi connectivity index (χ4n) is 1.33. The van der Waals surface area contributed by atoms with Crippen molar-refractivity contribution in [2.45, 2.75) is 0 Å². The summed E-state index contributed by atoms with van der Waals surface area (Å²) >= 11 is 3.29. The number of nitrogen functional groups attached to an aromatic ring is 1. The molecule has 5 nitrogen and oxygen atoms in total. The minimum atomic E-state index is -0.516. The first kappa shape index (κ1) is 10.7. The van der Waals surface area contributed by atoms with E-state index in [0.29, 0.717) is 11.4 Å². The summed E-state index contributed by atoms with van der Waals surface area (Å²) in [4.78, 5) is 24.6. The van der Waals surface area contributed by atoms with Crippen LogP contribution in [-0.4, -0.2) is 9.55 Å². The van der Waals surface area contributed by atoms with Gasteiger partial charge in [0.1, 0.15) is 0 Å². The van der Waals surface area contributed by atoms with Crippen LogP contribution in [0.2, 0.25) is 0 Å². The third kappa shape index (κ3) is 1.92. The second-order valence-corrected chi connectivity index (χ2v) is 4.10. The standard InChI is InChI=1S/C10H8BrN3O2/c11-6-1-2-7(12)8(5-6)14-4-3-9(15)13-10(14)16/h1-5H,12H2,(H,13,15,16). The Bertz CT molecular complexity index is 645. The van der Waals surface area contributed by atoms with Crippen molar-refractivity contribution in [3.63, 3.8) is 0 Å². The molecule has 0 spiro atoms. The van der Waals surface area contributed by atoms with Crippen LogP contribution in [0.5, 0.6) is 0 Å². The Morgan fingerprint density at radius 3 is 2.69 bits per heavy atom. The minimum Gasteiger partial charge on any atom is -0.397 e. The van der Waals surface area contributed by atoms with Gasteiger partial charge >= 0.3 is 5.69 Å². The molecule has 0 bridgehead atoms. The number of hydrogen-bond donors (Lipinski definition) is 2. The number of nitrogens with two attached hydrogens (primary N) is 1. The molecule has 1 heterocycles. The first-order chi connectivity index (χ1) is 7.58. The van der Waals surface area contributed by atoms with E-state index in [2.05, 4.69) is 20.9 Å². The molecule has 0 atom stereocenters. The number of rotatable bonds is 1. The van der Waals surface area contributed by atoms with Crippen molar-refractivity contribution in [2.24, 2.45) is 0 Å². The number of anilines is 1. The summed E-state index contributed by atoms with van der Waals surface area (Å²) < 4.78 is 2.08. The average molecular weight is 282 g/mol. The van der Waals surface area contributed by atoms with Gasteiger partial charge in [-0.2, -0.15) is 0 Å². The number of H-pyrrole nitrogens is 1. The van der Waals surface area contributed by atoms with E-state index >= 15 is 0 Å². The maximum Gasteiger partial charge on any atom is 0.332 e. The van der Waals surface area contributed by atoms with Crippen molar-refractivity contribution in [1.82, 2.24) is 9.55 Å². The topological polar surface area (TPSA) is 80.9 Å². The Labute approximate surface area is 98.7 Å². The Morgan fingerprint density at radius 2 is 2.00 bits per heavy atom. The van der Waals surface area contributed by atoms with Crippen LogP contribution in [0.1, 0.15) is 0 Å². The Morgan fingerprint density at radius 1 is 1.25 bits per heavy atom. The van der Waals surface area contributed by atoms with Crippen LogP contribution in [0.25, 0.3) is 5.69 Å². The average Bonchev–Trinajstić information content (AvgIpc) is 2.22. The highest BCUT2D eigenvalue weighted by molar-refractivity contribution is 9.10. The number of nitrogens with zero attached hydrogens (tertiary/aromatic N) is 1. The molecule has 0 radical (unpaired) electrons. The molecule has 0 aliphatic carbocycles. The third-order valence-electron chi connectivity index (χ3n) is 2.08. The Hall–Kier alpha value is -1.82. The SMILES string of the molecule is Nc1ccc(Br)cc1-n1ccc(=O)[nH]c1=O. The van der Waals surface area contributed by atoms with E-state index in [9.17, 15) is 9.59 Å². The maximum atomic E-state index is 11.5. The smallest absolute Gasteiger partial charge is 0.332 e. The molecule has 1 aromatic heterocycles. The fraction of sp³-hybridized carbons (Fsp3) is 0. The van der Waals surface area contributed by atoms with Gasteiger partial charge in [-0.05, 0) is 18.2 Å². The molecule has 6 heteroatoms. The van der Waals surface area contributed by atoms with Gasteiger partial charge in [-0.3, -0.25) is 14.3 Å². The third-order valence-corrected chi connectivity index (χ3v) is 2.57. The van der Waals surface area contributed by atoms with Crippen LogP contribution in [-0.2, 0) is 0 Å². The highest BCUT2D eigenvalue weighted by Crippen LogP contribution is 2.20. The fourth-order valence-corrected chi connectivity index (χ4v) is 1.68. The second kappa shape index (κ2) is 3.97. The monoisotopic (exact) mass is 281 g/mol. The molecule has 16 heavy (non-hydrogen) atoms. The molecule has 0 aliphatic heterocycles. The number of halogens is 1. The second-order valence-electron chi connectivity index (χ2n) is 3.18. The molecule has 0 fully saturated rings.